The molecule has 89 heavy (non-hydrogen) atoms. The van der Waals surface area contributed by atoms with E-state index in [0.717, 1.165) is 66.5 Å². The van der Waals surface area contributed by atoms with Gasteiger partial charge in [0.2, 0.25) is 0 Å². The number of ether oxygens (including phenoxy) is 4. The molecule has 0 radical (unpaired) electrons. The van der Waals surface area contributed by atoms with E-state index in [1.807, 2.05) is 117 Å². The number of anilines is 5. The summed E-state index contributed by atoms with van der Waals surface area (Å²) in [5.41, 5.74) is 1.89. The van der Waals surface area contributed by atoms with Gasteiger partial charge in [-0.2, -0.15) is 10.2 Å². The number of carboxylic acid groups (broad SMARTS) is 1. The van der Waals surface area contributed by atoms with Crippen molar-refractivity contribution in [3.63, 3.8) is 0 Å². The monoisotopic (exact) mass is 1220 g/mol. The predicted molar refractivity (Wildman–Crippen MR) is 329 cm³/mol. The zero-order valence-corrected chi connectivity index (χ0v) is 53.2. The number of carbonyl (C=O) groups is 5. The van der Waals surface area contributed by atoms with Gasteiger partial charge in [0.05, 0.1) is 90.9 Å². The Balaban J connectivity index is 0.000000194. The number of rotatable bonds is 15. The number of likely N-dealkylation sites (N-methyl/N-ethyl adjacent to an activating group) is 3. The number of carbonyl (C=O) groups excluding carboxylic acids is 5. The number of fused-ring (bicyclic) bond motifs is 2. The Bertz CT molecular complexity index is 3580. The normalized spacial score (nSPS) is 16.3. The van der Waals surface area contributed by atoms with Gasteiger partial charge in [0.25, 0.3) is 11.8 Å². The Morgan fingerprint density at radius 1 is 0.573 bits per heavy atom. The summed E-state index contributed by atoms with van der Waals surface area (Å²) in [5, 5.41) is 30.3. The summed E-state index contributed by atoms with van der Waals surface area (Å²) in [6, 6.07) is 7.79. The third-order valence-corrected chi connectivity index (χ3v) is 14.5. The molecule has 3 aliphatic heterocycles. The van der Waals surface area contributed by atoms with E-state index in [0.29, 0.717) is 73.4 Å². The van der Waals surface area contributed by atoms with Gasteiger partial charge in [0.15, 0.2) is 0 Å². The average molecular weight is 1220 g/mol. The smallest absolute Gasteiger partial charge is 0.543 e. The molecular weight excluding hydrogens is 1140 g/mol. The predicted octanol–water partition coefficient (Wildman–Crippen LogP) is 2.56. The molecule has 470 valence electrons. The largest absolute Gasteiger partial charge is 1.00 e. The molecule has 3 aliphatic rings. The Hall–Kier alpha value is -8.87. The van der Waals surface area contributed by atoms with Crippen LogP contribution < -0.4 is 64.1 Å². The van der Waals surface area contributed by atoms with E-state index in [-0.39, 0.29) is 72.0 Å². The van der Waals surface area contributed by atoms with Gasteiger partial charge in [0.1, 0.15) is 57.2 Å². The van der Waals surface area contributed by atoms with E-state index in [4.69, 9.17) is 18.9 Å². The number of benzene rings is 2. The summed E-state index contributed by atoms with van der Waals surface area (Å²) in [7, 11) is 9.13. The van der Waals surface area contributed by atoms with E-state index in [9.17, 15) is 29.1 Å². The first-order chi connectivity index (χ1) is 41.8. The second-order valence-corrected chi connectivity index (χ2v) is 23.4. The van der Waals surface area contributed by atoms with Crippen molar-refractivity contribution in [3.8, 4) is 11.5 Å². The zero-order valence-electron chi connectivity index (χ0n) is 53.2. The van der Waals surface area contributed by atoms with Crippen molar-refractivity contribution in [3.05, 3.63) is 90.9 Å². The standard InChI is InChI=1S/C25H33N7O4.C20H25N7O2.C15H22N4O4.Li/c1-7-35-21-11-18-16(14-30(5)29-18)10-19(21)28-23(33)20-12-27-22(13-26-20)32-9-8-17(15-32)31(6)24(34)36-25(2,3)4;1-4-29-18-8-15-13(11-26(3)25-15)7-16(18)24-20(28)17-9-23-19(10-22-17)27-6-5-14(12-27)21-2;1-15(2,3)23-14(22)18(4)10-5-6-19(9-10)12-8-16-11(7-17-12)13(20)21;/h10-14,17H,7-9,15H2,1-6H3,(H,28,33);7-11,14,21H,4-6,12H2,1-3H3,(H,24,28);7-8,10H,5-6,9H2,1-4H3,(H,20,21);/q;;;+1/p-1/t17-;14-;10-;/m111./s1. The van der Waals surface area contributed by atoms with Crippen LogP contribution in [0.2, 0.25) is 0 Å². The summed E-state index contributed by atoms with van der Waals surface area (Å²) in [4.78, 5) is 95.6. The van der Waals surface area contributed by atoms with Crippen LogP contribution in [0.1, 0.15) is 106 Å². The number of hydrogen-bond acceptors (Lipinski definition) is 22. The fourth-order valence-corrected chi connectivity index (χ4v) is 9.97. The van der Waals surface area contributed by atoms with Crippen molar-refractivity contribution in [2.24, 2.45) is 14.1 Å². The topological polar surface area (TPSA) is 311 Å². The summed E-state index contributed by atoms with van der Waals surface area (Å²) in [6.07, 6.45) is 14.5. The Labute approximate surface area is 529 Å². The molecular formula is C60H79LiN18O10. The molecule has 3 atom stereocenters. The fourth-order valence-electron chi connectivity index (χ4n) is 9.97. The minimum atomic E-state index is -1.35. The maximum absolute atomic E-state index is 12.9. The van der Waals surface area contributed by atoms with E-state index in [1.165, 1.54) is 24.8 Å². The van der Waals surface area contributed by atoms with E-state index in [2.05, 4.69) is 61.0 Å². The van der Waals surface area contributed by atoms with Crippen molar-refractivity contribution in [1.82, 2.24) is 64.6 Å². The molecule has 3 saturated heterocycles. The molecule has 29 heteroatoms. The van der Waals surface area contributed by atoms with Gasteiger partial charge in [-0.1, -0.05) is 0 Å². The molecule has 2 aromatic carbocycles. The number of aromatic nitrogens is 10. The Morgan fingerprint density at radius 3 is 1.29 bits per heavy atom. The number of aryl methyl sites for hydroxylation is 2. The second-order valence-electron chi connectivity index (χ2n) is 23.4. The fraction of sp³-hybridized carbons (Fsp3) is 0.483. The summed E-state index contributed by atoms with van der Waals surface area (Å²) >= 11 is 0. The molecule has 10 rings (SSSR count). The molecule has 0 unspecified atom stereocenters. The van der Waals surface area contributed by atoms with Crippen molar-refractivity contribution in [2.75, 3.05) is 99.0 Å². The van der Waals surface area contributed by atoms with Crippen LogP contribution in [0.4, 0.5) is 38.4 Å². The average Bonchev–Trinajstić information content (AvgIpc) is 3.87. The summed E-state index contributed by atoms with van der Waals surface area (Å²) < 4.78 is 25.7. The first-order valence-corrected chi connectivity index (χ1v) is 29.1. The van der Waals surface area contributed by atoms with Gasteiger partial charge < -0.3 is 69.3 Å². The second kappa shape index (κ2) is 29.4. The number of aromatic carboxylic acids is 1. The molecule has 3 fully saturated rings. The maximum atomic E-state index is 12.9. The SMILES string of the molecule is CCOc1cc2nn(C)cc2cc1NC(=O)c1cnc(N2CC[C@@H](N(C)C(=O)OC(C)(C)C)C2)cn1.CCOc1cc2nn(C)cc2cc1NC(=O)c1cnc(N2CC[C@@H](NC)C2)cn1.CN(C(=O)OC(C)(C)C)[C@@H]1CCN(c2cnc(C(=O)[O-])cn2)C1.[Li+]. The van der Waals surface area contributed by atoms with E-state index in [1.54, 1.807) is 51.7 Å². The first kappa shape index (κ1) is 67.6. The summed E-state index contributed by atoms with van der Waals surface area (Å²) in [6.45, 7) is 20.2. The van der Waals surface area contributed by atoms with Crippen LogP contribution in [0.25, 0.3) is 21.8 Å². The minimum absolute atomic E-state index is 0. The Morgan fingerprint density at radius 2 is 0.955 bits per heavy atom. The van der Waals surface area contributed by atoms with Gasteiger partial charge in [-0.25, -0.2) is 39.5 Å². The zero-order chi connectivity index (χ0) is 63.6. The minimum Gasteiger partial charge on any atom is -0.543 e. The van der Waals surface area contributed by atoms with Gasteiger partial charge in [-0.05, 0) is 93.8 Å². The number of nitrogens with zero attached hydrogens (tertiary/aromatic N) is 15. The van der Waals surface area contributed by atoms with Gasteiger partial charge in [-0.15, -0.1) is 0 Å². The molecule has 3 N–H and O–H groups in total. The third kappa shape index (κ3) is 17.9. The van der Waals surface area contributed by atoms with Crippen molar-refractivity contribution < 1.29 is 66.9 Å². The van der Waals surface area contributed by atoms with Gasteiger partial charge >= 0.3 is 31.0 Å². The number of nitrogens with one attached hydrogen (secondary N) is 3. The number of hydrogen-bond donors (Lipinski definition) is 3. The van der Waals surface area contributed by atoms with Gasteiger partial charge in [-0.3, -0.25) is 19.0 Å². The van der Waals surface area contributed by atoms with Crippen LogP contribution in [0.5, 0.6) is 11.5 Å². The van der Waals surface area contributed by atoms with Crippen molar-refractivity contribution >= 4 is 80.6 Å². The van der Waals surface area contributed by atoms with Crippen LogP contribution in [0, 0.1) is 0 Å². The molecule has 28 nitrogen and oxygen atoms in total. The molecule has 7 aromatic rings. The van der Waals surface area contributed by atoms with Crippen LogP contribution in [-0.4, -0.2) is 192 Å². The molecule has 0 saturated carbocycles. The van der Waals surface area contributed by atoms with Crippen LogP contribution in [-0.2, 0) is 23.6 Å². The van der Waals surface area contributed by atoms with E-state index < -0.39 is 17.2 Å². The van der Waals surface area contributed by atoms with Crippen LogP contribution in [0.3, 0.4) is 0 Å². The van der Waals surface area contributed by atoms with E-state index >= 15 is 0 Å². The summed E-state index contributed by atoms with van der Waals surface area (Å²) in [5.74, 6) is 1.06. The molecule has 0 spiro atoms. The molecule has 0 bridgehead atoms. The third-order valence-electron chi connectivity index (χ3n) is 14.5. The van der Waals surface area contributed by atoms with Crippen molar-refractivity contribution in [2.45, 2.75) is 104 Å². The number of carboxylic acids is 1. The quantitative estimate of drug-likeness (QED) is 0.124. The molecule has 8 heterocycles. The van der Waals surface area contributed by atoms with Crippen LogP contribution >= 0.6 is 0 Å². The Kier molecular flexibility index (Phi) is 22.4. The molecule has 5 aromatic heterocycles. The first-order valence-electron chi connectivity index (χ1n) is 29.1. The maximum Gasteiger partial charge on any atom is 1.00 e. The molecule has 0 aliphatic carbocycles. The van der Waals surface area contributed by atoms with Crippen molar-refractivity contribution in [1.29, 1.82) is 0 Å². The number of amides is 4. The van der Waals surface area contributed by atoms with Crippen LogP contribution in [0.15, 0.2) is 73.8 Å². The molecule has 4 amide bonds. The van der Waals surface area contributed by atoms with Gasteiger partial charge in [0, 0.05) is 109 Å².